The zero-order chi connectivity index (χ0) is 24.8. The number of nitrogens with one attached hydrogen (secondary N) is 3. The summed E-state index contributed by atoms with van der Waals surface area (Å²) in [5.41, 5.74) is 2.99. The topological polar surface area (TPSA) is 96.5 Å². The lowest BCUT2D eigenvalue weighted by atomic mass is 10.0. The Morgan fingerprint density at radius 1 is 0.771 bits per heavy atom. The SMILES string of the molecule is CNC(=O)c1ccc(NC(=O)COc2cc3ccccc3cc2C(=O)Nc2ccccc2C)cc1. The lowest BCUT2D eigenvalue weighted by Gasteiger charge is -2.14. The van der Waals surface area contributed by atoms with Gasteiger partial charge in [-0.1, -0.05) is 42.5 Å². The van der Waals surface area contributed by atoms with E-state index in [1.807, 2.05) is 55.5 Å². The maximum Gasteiger partial charge on any atom is 0.262 e. The second kappa shape index (κ2) is 10.5. The molecule has 0 radical (unpaired) electrons. The first-order chi connectivity index (χ1) is 16.9. The number of rotatable bonds is 7. The molecule has 0 aliphatic carbocycles. The van der Waals surface area contributed by atoms with Gasteiger partial charge in [0.2, 0.25) is 0 Å². The number of benzene rings is 4. The average Bonchev–Trinajstić information content (AvgIpc) is 2.88. The number of carbonyl (C=O) groups excluding carboxylic acids is 3. The molecule has 0 saturated carbocycles. The highest BCUT2D eigenvalue weighted by atomic mass is 16.5. The van der Waals surface area contributed by atoms with Crippen molar-refractivity contribution in [3.63, 3.8) is 0 Å². The van der Waals surface area contributed by atoms with E-state index in [1.165, 1.54) is 0 Å². The maximum atomic E-state index is 13.2. The third-order valence-corrected chi connectivity index (χ3v) is 5.50. The van der Waals surface area contributed by atoms with Gasteiger partial charge in [0.15, 0.2) is 6.61 Å². The molecule has 0 spiro atoms. The summed E-state index contributed by atoms with van der Waals surface area (Å²) >= 11 is 0. The summed E-state index contributed by atoms with van der Waals surface area (Å²) in [5.74, 6) is -0.625. The predicted octanol–water partition coefficient (Wildman–Crippen LogP) is 4.78. The van der Waals surface area contributed by atoms with Crippen LogP contribution in [0.1, 0.15) is 26.3 Å². The van der Waals surface area contributed by atoms with Crippen molar-refractivity contribution in [2.24, 2.45) is 0 Å². The van der Waals surface area contributed by atoms with Crippen molar-refractivity contribution in [1.29, 1.82) is 0 Å². The zero-order valence-electron chi connectivity index (χ0n) is 19.4. The summed E-state index contributed by atoms with van der Waals surface area (Å²) in [6.07, 6.45) is 0. The van der Waals surface area contributed by atoms with Gasteiger partial charge in [-0.25, -0.2) is 0 Å². The zero-order valence-corrected chi connectivity index (χ0v) is 19.4. The molecular weight excluding hydrogens is 442 g/mol. The average molecular weight is 468 g/mol. The molecule has 0 saturated heterocycles. The van der Waals surface area contributed by atoms with E-state index in [1.54, 1.807) is 43.4 Å². The van der Waals surface area contributed by atoms with E-state index in [-0.39, 0.29) is 18.4 Å². The first-order valence-electron chi connectivity index (χ1n) is 11.1. The third-order valence-electron chi connectivity index (χ3n) is 5.50. The molecule has 0 bridgehead atoms. The number of ether oxygens (including phenoxy) is 1. The number of carbonyl (C=O) groups is 3. The van der Waals surface area contributed by atoms with Crippen LogP contribution >= 0.6 is 0 Å². The number of para-hydroxylation sites is 1. The molecule has 0 aromatic heterocycles. The highest BCUT2D eigenvalue weighted by Gasteiger charge is 2.17. The molecule has 0 fully saturated rings. The molecular formula is C28H25N3O4. The summed E-state index contributed by atoms with van der Waals surface area (Å²) in [7, 11) is 1.55. The summed E-state index contributed by atoms with van der Waals surface area (Å²) in [6, 6.07) is 25.2. The summed E-state index contributed by atoms with van der Waals surface area (Å²) in [5, 5.41) is 9.98. The van der Waals surface area contributed by atoms with Gasteiger partial charge in [-0.3, -0.25) is 14.4 Å². The van der Waals surface area contributed by atoms with Gasteiger partial charge in [0.1, 0.15) is 5.75 Å². The minimum atomic E-state index is -0.392. The van der Waals surface area contributed by atoms with E-state index >= 15 is 0 Å². The summed E-state index contributed by atoms with van der Waals surface area (Å²) in [4.78, 5) is 37.3. The van der Waals surface area contributed by atoms with Gasteiger partial charge in [-0.2, -0.15) is 0 Å². The third kappa shape index (κ3) is 5.65. The Balaban J connectivity index is 1.51. The maximum absolute atomic E-state index is 13.2. The van der Waals surface area contributed by atoms with Crippen molar-refractivity contribution in [3.05, 3.63) is 102 Å². The van der Waals surface area contributed by atoms with Crippen LogP contribution in [-0.2, 0) is 4.79 Å². The van der Waals surface area contributed by atoms with Crippen LogP contribution < -0.4 is 20.7 Å². The molecule has 176 valence electrons. The number of amides is 3. The van der Waals surface area contributed by atoms with E-state index in [4.69, 9.17) is 4.74 Å². The number of fused-ring (bicyclic) bond motifs is 1. The van der Waals surface area contributed by atoms with Crippen LogP contribution in [0.5, 0.6) is 5.75 Å². The molecule has 0 unspecified atom stereocenters. The largest absolute Gasteiger partial charge is 0.483 e. The van der Waals surface area contributed by atoms with Crippen LogP contribution in [0, 0.1) is 6.92 Å². The van der Waals surface area contributed by atoms with E-state index in [0.717, 1.165) is 16.3 Å². The highest BCUT2D eigenvalue weighted by molar-refractivity contribution is 6.09. The smallest absolute Gasteiger partial charge is 0.262 e. The minimum absolute atomic E-state index is 0.209. The molecule has 35 heavy (non-hydrogen) atoms. The molecule has 0 atom stereocenters. The number of hydrogen-bond donors (Lipinski definition) is 3. The molecule has 3 N–H and O–H groups in total. The van der Waals surface area contributed by atoms with Crippen molar-refractivity contribution in [2.75, 3.05) is 24.3 Å². The molecule has 4 rings (SSSR count). The van der Waals surface area contributed by atoms with Gasteiger partial charge < -0.3 is 20.7 Å². The fraction of sp³-hybridized carbons (Fsp3) is 0.107. The Hall–Kier alpha value is -4.65. The summed E-state index contributed by atoms with van der Waals surface area (Å²) < 4.78 is 5.81. The molecule has 3 amide bonds. The second-order valence-electron chi connectivity index (χ2n) is 7.96. The van der Waals surface area contributed by atoms with Crippen molar-refractivity contribution in [2.45, 2.75) is 6.92 Å². The van der Waals surface area contributed by atoms with E-state index in [9.17, 15) is 14.4 Å². The van der Waals surface area contributed by atoms with Crippen LogP contribution in [0.3, 0.4) is 0 Å². The van der Waals surface area contributed by atoms with Gasteiger partial charge in [0, 0.05) is 24.0 Å². The van der Waals surface area contributed by atoms with Crippen LogP contribution in [0.25, 0.3) is 10.8 Å². The number of hydrogen-bond acceptors (Lipinski definition) is 4. The Morgan fingerprint density at radius 3 is 2.11 bits per heavy atom. The Morgan fingerprint density at radius 2 is 1.43 bits per heavy atom. The first-order valence-corrected chi connectivity index (χ1v) is 11.1. The molecule has 7 heteroatoms. The lowest BCUT2D eigenvalue weighted by molar-refractivity contribution is -0.118. The fourth-order valence-corrected chi connectivity index (χ4v) is 3.61. The molecule has 0 aliphatic rings. The van der Waals surface area contributed by atoms with Crippen molar-refractivity contribution in [1.82, 2.24) is 5.32 Å². The molecule has 0 heterocycles. The van der Waals surface area contributed by atoms with Gasteiger partial charge in [0.05, 0.1) is 5.56 Å². The van der Waals surface area contributed by atoms with Crippen molar-refractivity contribution >= 4 is 39.9 Å². The van der Waals surface area contributed by atoms with Crippen LogP contribution in [-0.4, -0.2) is 31.4 Å². The monoisotopic (exact) mass is 467 g/mol. The summed E-state index contributed by atoms with van der Waals surface area (Å²) in [6.45, 7) is 1.62. The quantitative estimate of drug-likeness (QED) is 0.365. The van der Waals surface area contributed by atoms with E-state index in [0.29, 0.717) is 28.3 Å². The number of anilines is 2. The normalized spacial score (nSPS) is 10.5. The number of aryl methyl sites for hydroxylation is 1. The Bertz CT molecular complexity index is 1400. The van der Waals surface area contributed by atoms with Crippen LogP contribution in [0.15, 0.2) is 84.9 Å². The molecule has 7 nitrogen and oxygen atoms in total. The molecule has 4 aromatic carbocycles. The van der Waals surface area contributed by atoms with Gasteiger partial charge in [0.25, 0.3) is 17.7 Å². The molecule has 4 aromatic rings. The van der Waals surface area contributed by atoms with Gasteiger partial charge >= 0.3 is 0 Å². The Kier molecular flexibility index (Phi) is 7.07. The van der Waals surface area contributed by atoms with E-state index in [2.05, 4.69) is 16.0 Å². The standard InChI is InChI=1S/C28H25N3O4/c1-18-7-3-6-10-24(18)31-28(34)23-15-20-8-4-5-9-21(20)16-25(23)35-17-26(32)30-22-13-11-19(12-14-22)27(33)29-2/h3-16H,17H2,1-2H3,(H,29,33)(H,30,32)(H,31,34). The van der Waals surface area contributed by atoms with Crippen molar-refractivity contribution < 1.29 is 19.1 Å². The fourth-order valence-electron chi connectivity index (χ4n) is 3.61. The van der Waals surface area contributed by atoms with Gasteiger partial charge in [-0.15, -0.1) is 0 Å². The first kappa shape index (κ1) is 23.5. The minimum Gasteiger partial charge on any atom is -0.483 e. The second-order valence-corrected chi connectivity index (χ2v) is 7.96. The highest BCUT2D eigenvalue weighted by Crippen LogP contribution is 2.28. The van der Waals surface area contributed by atoms with Gasteiger partial charge in [-0.05, 0) is 65.7 Å². The Labute approximate surface area is 203 Å². The predicted molar refractivity (Wildman–Crippen MR) is 137 cm³/mol. The van der Waals surface area contributed by atoms with E-state index < -0.39 is 5.91 Å². The molecule has 0 aliphatic heterocycles. The van der Waals surface area contributed by atoms with Crippen LogP contribution in [0.2, 0.25) is 0 Å². The van der Waals surface area contributed by atoms with Crippen molar-refractivity contribution in [3.8, 4) is 5.75 Å². The van der Waals surface area contributed by atoms with Crippen LogP contribution in [0.4, 0.5) is 11.4 Å². The lowest BCUT2D eigenvalue weighted by Crippen LogP contribution is -2.22.